The van der Waals surface area contributed by atoms with Crippen LogP contribution in [0.25, 0.3) is 0 Å². The van der Waals surface area contributed by atoms with E-state index in [1.165, 1.54) is 6.07 Å². The number of aromatic nitrogens is 1. The van der Waals surface area contributed by atoms with Gasteiger partial charge < -0.3 is 9.47 Å². The molecule has 3 nitrogen and oxygen atoms in total. The predicted octanol–water partition coefficient (Wildman–Crippen LogP) is 6.49. The lowest BCUT2D eigenvalue weighted by Crippen LogP contribution is -2.38. The largest absolute Gasteiger partial charge is 0.345 e. The van der Waals surface area contributed by atoms with Crippen LogP contribution in [0.15, 0.2) is 103 Å². The molecular formula is C30H31FN2O. The van der Waals surface area contributed by atoms with E-state index in [1.807, 2.05) is 90.0 Å². The highest BCUT2D eigenvalue weighted by atomic mass is 19.1. The second-order valence-electron chi connectivity index (χ2n) is 9.12. The molecule has 0 atom stereocenters. The fourth-order valence-electron chi connectivity index (χ4n) is 4.40. The van der Waals surface area contributed by atoms with Crippen LogP contribution < -0.4 is 0 Å². The summed E-state index contributed by atoms with van der Waals surface area (Å²) in [6, 6.07) is 30.7. The van der Waals surface area contributed by atoms with Gasteiger partial charge in [-0.1, -0.05) is 86.6 Å². The molecule has 3 aromatic carbocycles. The van der Waals surface area contributed by atoms with Gasteiger partial charge in [0, 0.05) is 25.0 Å². The van der Waals surface area contributed by atoms with Gasteiger partial charge in [-0.25, -0.2) is 4.39 Å². The molecule has 1 heterocycles. The van der Waals surface area contributed by atoms with E-state index in [0.717, 1.165) is 22.4 Å². The standard InChI is InChI=1S/C30H31FN2O/c1-23(2)20-33(22-28-17-10-18-32(28)21-24-11-9-16-27(31)19-24)30(34)29(25-12-5-3-6-13-25)26-14-7-4-8-15-26/h3-19,23,29H,20-22H2,1-2H3. The van der Waals surface area contributed by atoms with Gasteiger partial charge in [0.2, 0.25) is 5.91 Å². The van der Waals surface area contributed by atoms with Gasteiger partial charge in [-0.05, 0) is 46.9 Å². The Labute approximate surface area is 201 Å². The van der Waals surface area contributed by atoms with Crippen LogP contribution in [0.2, 0.25) is 0 Å². The number of rotatable bonds is 9. The molecule has 0 bridgehead atoms. The molecule has 1 aromatic heterocycles. The normalized spacial score (nSPS) is 11.2. The van der Waals surface area contributed by atoms with E-state index in [1.54, 1.807) is 12.1 Å². The summed E-state index contributed by atoms with van der Waals surface area (Å²) in [6.45, 7) is 5.97. The SMILES string of the molecule is CC(C)CN(Cc1cccn1Cc1cccc(F)c1)C(=O)C(c1ccccc1)c1ccccc1. The first-order valence-corrected chi connectivity index (χ1v) is 11.8. The van der Waals surface area contributed by atoms with Crippen molar-refractivity contribution in [3.8, 4) is 0 Å². The van der Waals surface area contributed by atoms with Crippen molar-refractivity contribution in [2.24, 2.45) is 5.92 Å². The van der Waals surface area contributed by atoms with Crippen LogP contribution >= 0.6 is 0 Å². The maximum Gasteiger partial charge on any atom is 0.234 e. The van der Waals surface area contributed by atoms with E-state index in [-0.39, 0.29) is 17.6 Å². The van der Waals surface area contributed by atoms with Crippen LogP contribution in [-0.2, 0) is 17.9 Å². The van der Waals surface area contributed by atoms with Crippen LogP contribution in [-0.4, -0.2) is 21.9 Å². The second-order valence-corrected chi connectivity index (χ2v) is 9.12. The first-order chi connectivity index (χ1) is 16.5. The molecule has 4 aromatic rings. The van der Waals surface area contributed by atoms with E-state index < -0.39 is 0 Å². The number of amides is 1. The van der Waals surface area contributed by atoms with Crippen molar-refractivity contribution in [2.45, 2.75) is 32.9 Å². The Morgan fingerprint density at radius 3 is 2.09 bits per heavy atom. The Hall–Kier alpha value is -3.66. The average Bonchev–Trinajstić information content (AvgIpc) is 3.26. The zero-order chi connectivity index (χ0) is 23.9. The van der Waals surface area contributed by atoms with Gasteiger partial charge >= 0.3 is 0 Å². The number of benzene rings is 3. The lowest BCUT2D eigenvalue weighted by atomic mass is 9.89. The Kier molecular flexibility index (Phi) is 7.58. The van der Waals surface area contributed by atoms with Crippen LogP contribution in [0.5, 0.6) is 0 Å². The fourth-order valence-corrected chi connectivity index (χ4v) is 4.40. The number of hydrogen-bond acceptors (Lipinski definition) is 1. The van der Waals surface area contributed by atoms with Crippen molar-refractivity contribution >= 4 is 5.91 Å². The number of hydrogen-bond donors (Lipinski definition) is 0. The molecular weight excluding hydrogens is 423 g/mol. The zero-order valence-corrected chi connectivity index (χ0v) is 19.8. The molecule has 0 spiro atoms. The average molecular weight is 455 g/mol. The zero-order valence-electron chi connectivity index (χ0n) is 19.8. The van der Waals surface area contributed by atoms with E-state index >= 15 is 0 Å². The lowest BCUT2D eigenvalue weighted by molar-refractivity contribution is -0.133. The van der Waals surface area contributed by atoms with Crippen molar-refractivity contribution in [3.63, 3.8) is 0 Å². The summed E-state index contributed by atoms with van der Waals surface area (Å²) in [5.74, 6) is -0.198. The fraction of sp³-hybridized carbons (Fsp3) is 0.233. The van der Waals surface area contributed by atoms with Gasteiger partial charge in [0.1, 0.15) is 5.82 Å². The van der Waals surface area contributed by atoms with Crippen LogP contribution in [0.4, 0.5) is 4.39 Å². The molecule has 0 saturated heterocycles. The van der Waals surface area contributed by atoms with Crippen LogP contribution in [0, 0.1) is 11.7 Å². The molecule has 1 amide bonds. The van der Waals surface area contributed by atoms with Crippen molar-refractivity contribution in [3.05, 3.63) is 131 Å². The number of carbonyl (C=O) groups is 1. The maximum atomic E-state index is 14.1. The third kappa shape index (κ3) is 5.82. The summed E-state index contributed by atoms with van der Waals surface area (Å²) in [5.41, 5.74) is 3.90. The van der Waals surface area contributed by atoms with Gasteiger partial charge in [0.15, 0.2) is 0 Å². The Balaban J connectivity index is 1.64. The molecule has 0 fully saturated rings. The number of halogens is 1. The first-order valence-electron chi connectivity index (χ1n) is 11.8. The maximum absolute atomic E-state index is 14.1. The number of carbonyl (C=O) groups excluding carboxylic acids is 1. The second kappa shape index (κ2) is 11.0. The summed E-state index contributed by atoms with van der Waals surface area (Å²) < 4.78 is 15.8. The molecule has 0 unspecified atom stereocenters. The highest BCUT2D eigenvalue weighted by Crippen LogP contribution is 2.28. The molecule has 4 heteroatoms. The third-order valence-electron chi connectivity index (χ3n) is 5.93. The Morgan fingerprint density at radius 1 is 0.853 bits per heavy atom. The van der Waals surface area contributed by atoms with Crippen molar-refractivity contribution in [1.29, 1.82) is 0 Å². The van der Waals surface area contributed by atoms with Gasteiger partial charge in [-0.3, -0.25) is 4.79 Å². The summed E-state index contributed by atoms with van der Waals surface area (Å²) in [4.78, 5) is 16.1. The minimum atomic E-state index is -0.368. The van der Waals surface area contributed by atoms with Crippen molar-refractivity contribution < 1.29 is 9.18 Å². The Bertz CT molecular complexity index is 1160. The topological polar surface area (TPSA) is 25.2 Å². The van der Waals surface area contributed by atoms with E-state index in [2.05, 4.69) is 18.4 Å². The first kappa shape index (κ1) is 23.5. The smallest absolute Gasteiger partial charge is 0.234 e. The summed E-state index contributed by atoms with van der Waals surface area (Å²) >= 11 is 0. The molecule has 0 N–H and O–H groups in total. The molecule has 0 aliphatic carbocycles. The molecule has 34 heavy (non-hydrogen) atoms. The highest BCUT2D eigenvalue weighted by molar-refractivity contribution is 5.87. The highest BCUT2D eigenvalue weighted by Gasteiger charge is 2.28. The Morgan fingerprint density at radius 2 is 1.50 bits per heavy atom. The minimum Gasteiger partial charge on any atom is -0.345 e. The molecule has 4 rings (SSSR count). The van der Waals surface area contributed by atoms with Gasteiger partial charge in [-0.15, -0.1) is 0 Å². The molecule has 0 aliphatic heterocycles. The van der Waals surface area contributed by atoms with Crippen molar-refractivity contribution in [2.75, 3.05) is 6.54 Å². The molecule has 0 radical (unpaired) electrons. The van der Waals surface area contributed by atoms with Crippen LogP contribution in [0.1, 0.15) is 42.1 Å². The van der Waals surface area contributed by atoms with Gasteiger partial charge in [0.25, 0.3) is 0 Å². The summed E-state index contributed by atoms with van der Waals surface area (Å²) in [6.07, 6.45) is 1.99. The summed E-state index contributed by atoms with van der Waals surface area (Å²) in [5, 5.41) is 0. The van der Waals surface area contributed by atoms with E-state index in [9.17, 15) is 9.18 Å². The monoisotopic (exact) mass is 454 g/mol. The minimum absolute atomic E-state index is 0.0876. The lowest BCUT2D eigenvalue weighted by Gasteiger charge is -2.30. The van der Waals surface area contributed by atoms with E-state index in [0.29, 0.717) is 25.6 Å². The quantitative estimate of drug-likeness (QED) is 0.284. The van der Waals surface area contributed by atoms with Crippen LogP contribution in [0.3, 0.4) is 0 Å². The van der Waals surface area contributed by atoms with Crippen molar-refractivity contribution in [1.82, 2.24) is 9.47 Å². The summed E-state index contributed by atoms with van der Waals surface area (Å²) in [7, 11) is 0. The van der Waals surface area contributed by atoms with E-state index in [4.69, 9.17) is 0 Å². The number of nitrogens with zero attached hydrogens (tertiary/aromatic N) is 2. The molecule has 0 saturated carbocycles. The third-order valence-corrected chi connectivity index (χ3v) is 5.93. The van der Waals surface area contributed by atoms with Gasteiger partial charge in [-0.2, -0.15) is 0 Å². The molecule has 174 valence electrons. The predicted molar refractivity (Wildman–Crippen MR) is 135 cm³/mol. The van der Waals surface area contributed by atoms with Gasteiger partial charge in [0.05, 0.1) is 12.5 Å². The molecule has 0 aliphatic rings.